The number of carbonyl (C=O) groups excluding carboxylic acids is 1. The summed E-state index contributed by atoms with van der Waals surface area (Å²) in [6, 6.07) is 13.2. The Hall–Kier alpha value is -3.67. The molecule has 0 aliphatic carbocycles. The highest BCUT2D eigenvalue weighted by atomic mass is 16.5. The van der Waals surface area contributed by atoms with Crippen LogP contribution in [0.15, 0.2) is 67.0 Å². The molecule has 0 aliphatic heterocycles. The maximum Gasteiger partial charge on any atom is 0.339 e. The smallest absolute Gasteiger partial charge is 0.339 e. The SMILES string of the molecule is COC(=O)c1cc(=O)oc2ccc3c(=O)c(C)c(-c4ccccc4)oc3c12. The summed E-state index contributed by atoms with van der Waals surface area (Å²) < 4.78 is 16.1. The van der Waals surface area contributed by atoms with Gasteiger partial charge in [-0.3, -0.25) is 4.79 Å². The quantitative estimate of drug-likeness (QED) is 0.307. The van der Waals surface area contributed by atoms with Crippen molar-refractivity contribution in [2.24, 2.45) is 0 Å². The summed E-state index contributed by atoms with van der Waals surface area (Å²) in [6.07, 6.45) is 0. The topological polar surface area (TPSA) is 86.7 Å². The third-order valence-corrected chi connectivity index (χ3v) is 4.43. The lowest BCUT2D eigenvalue weighted by Gasteiger charge is -2.10. The Kier molecular flexibility index (Phi) is 3.88. The first-order valence-corrected chi connectivity index (χ1v) is 8.19. The first-order chi connectivity index (χ1) is 13.0. The summed E-state index contributed by atoms with van der Waals surface area (Å²) in [7, 11) is 1.21. The maximum absolute atomic E-state index is 12.9. The molecule has 2 aromatic carbocycles. The monoisotopic (exact) mass is 362 g/mol. The summed E-state index contributed by atoms with van der Waals surface area (Å²) in [6.45, 7) is 1.68. The summed E-state index contributed by atoms with van der Waals surface area (Å²) >= 11 is 0. The number of benzene rings is 2. The Balaban J connectivity index is 2.22. The molecule has 0 bridgehead atoms. The second kappa shape index (κ2) is 6.25. The second-order valence-electron chi connectivity index (χ2n) is 6.04. The van der Waals surface area contributed by atoms with Gasteiger partial charge in [-0.05, 0) is 19.1 Å². The van der Waals surface area contributed by atoms with E-state index in [0.717, 1.165) is 11.6 Å². The molecule has 134 valence electrons. The van der Waals surface area contributed by atoms with Crippen LogP contribution in [0.4, 0.5) is 0 Å². The molecule has 0 amide bonds. The summed E-state index contributed by atoms with van der Waals surface area (Å²) in [4.78, 5) is 36.9. The van der Waals surface area contributed by atoms with E-state index in [1.54, 1.807) is 6.92 Å². The van der Waals surface area contributed by atoms with Crippen LogP contribution in [0.2, 0.25) is 0 Å². The van der Waals surface area contributed by atoms with Gasteiger partial charge in [0.2, 0.25) is 0 Å². The van der Waals surface area contributed by atoms with E-state index in [2.05, 4.69) is 0 Å². The molecule has 0 saturated carbocycles. The van der Waals surface area contributed by atoms with E-state index in [4.69, 9.17) is 13.6 Å². The molecular weight excluding hydrogens is 348 g/mol. The van der Waals surface area contributed by atoms with Gasteiger partial charge in [-0.2, -0.15) is 0 Å². The van der Waals surface area contributed by atoms with Crippen LogP contribution in [-0.2, 0) is 4.74 Å². The van der Waals surface area contributed by atoms with E-state index >= 15 is 0 Å². The number of methoxy groups -OCH3 is 1. The zero-order chi connectivity index (χ0) is 19.1. The molecule has 6 heteroatoms. The first-order valence-electron chi connectivity index (χ1n) is 8.19. The highest BCUT2D eigenvalue weighted by molar-refractivity contribution is 6.13. The fourth-order valence-electron chi connectivity index (χ4n) is 3.14. The summed E-state index contributed by atoms with van der Waals surface area (Å²) in [5, 5.41) is 0.520. The number of esters is 1. The lowest BCUT2D eigenvalue weighted by molar-refractivity contribution is 0.0602. The Morgan fingerprint density at radius 1 is 1.00 bits per heavy atom. The zero-order valence-electron chi connectivity index (χ0n) is 14.6. The van der Waals surface area contributed by atoms with Crippen LogP contribution in [0.25, 0.3) is 33.3 Å². The van der Waals surface area contributed by atoms with E-state index in [1.165, 1.54) is 19.2 Å². The van der Waals surface area contributed by atoms with Gasteiger partial charge in [-0.25, -0.2) is 9.59 Å². The minimum Gasteiger partial charge on any atom is -0.465 e. The molecule has 0 saturated heterocycles. The van der Waals surface area contributed by atoms with E-state index in [9.17, 15) is 14.4 Å². The molecule has 0 unspecified atom stereocenters. The Morgan fingerprint density at radius 3 is 2.44 bits per heavy atom. The van der Waals surface area contributed by atoms with Gasteiger partial charge in [-0.1, -0.05) is 30.3 Å². The molecule has 0 N–H and O–H groups in total. The zero-order valence-corrected chi connectivity index (χ0v) is 14.6. The average molecular weight is 362 g/mol. The Bertz CT molecular complexity index is 1310. The number of hydrogen-bond donors (Lipinski definition) is 0. The largest absolute Gasteiger partial charge is 0.465 e. The molecule has 0 radical (unpaired) electrons. The summed E-state index contributed by atoms with van der Waals surface area (Å²) in [5.74, 6) is -0.326. The normalized spacial score (nSPS) is 11.0. The fraction of sp³-hybridized carbons (Fsp3) is 0.0952. The van der Waals surface area contributed by atoms with Crippen molar-refractivity contribution in [3.63, 3.8) is 0 Å². The number of carbonyl (C=O) groups is 1. The van der Waals surface area contributed by atoms with E-state index < -0.39 is 11.6 Å². The molecular formula is C21H14O6. The first kappa shape index (κ1) is 16.8. The van der Waals surface area contributed by atoms with E-state index in [-0.39, 0.29) is 27.5 Å². The Labute approximate surface area is 152 Å². The van der Waals surface area contributed by atoms with Gasteiger partial charge in [-0.15, -0.1) is 0 Å². The molecule has 0 atom stereocenters. The van der Waals surface area contributed by atoms with Gasteiger partial charge in [0.05, 0.1) is 23.4 Å². The molecule has 4 rings (SSSR count). The van der Waals surface area contributed by atoms with Crippen molar-refractivity contribution in [3.8, 4) is 11.3 Å². The third-order valence-electron chi connectivity index (χ3n) is 4.43. The lowest BCUT2D eigenvalue weighted by atomic mass is 10.0. The minimum atomic E-state index is -0.718. The molecule has 0 fully saturated rings. The van der Waals surface area contributed by atoms with Crippen LogP contribution in [0.3, 0.4) is 0 Å². The summed E-state index contributed by atoms with van der Waals surface area (Å²) in [5.41, 5.74) is 0.556. The fourth-order valence-corrected chi connectivity index (χ4v) is 3.14. The van der Waals surface area contributed by atoms with Gasteiger partial charge in [0.1, 0.15) is 16.9 Å². The van der Waals surface area contributed by atoms with Crippen LogP contribution in [-0.4, -0.2) is 13.1 Å². The number of fused-ring (bicyclic) bond motifs is 3. The maximum atomic E-state index is 12.9. The predicted molar refractivity (Wildman–Crippen MR) is 100 cm³/mol. The minimum absolute atomic E-state index is 0.0136. The van der Waals surface area contributed by atoms with Gasteiger partial charge < -0.3 is 13.6 Å². The van der Waals surface area contributed by atoms with Crippen LogP contribution >= 0.6 is 0 Å². The second-order valence-corrected chi connectivity index (χ2v) is 6.04. The molecule has 0 spiro atoms. The van der Waals surface area contributed by atoms with Crippen molar-refractivity contribution in [3.05, 3.63) is 80.3 Å². The molecule has 6 nitrogen and oxygen atoms in total. The van der Waals surface area contributed by atoms with Crippen molar-refractivity contribution >= 4 is 27.9 Å². The predicted octanol–water partition coefficient (Wildman–Crippen LogP) is 3.66. The molecule has 27 heavy (non-hydrogen) atoms. The number of ether oxygens (including phenoxy) is 1. The molecule has 4 aromatic rings. The number of rotatable bonds is 2. The standard InChI is InChI=1S/C21H14O6/c1-11-18(23)13-8-9-15-17(14(21(24)25-2)10-16(22)26-15)20(13)27-19(11)12-6-4-3-5-7-12/h3-10H,1-2H3. The van der Waals surface area contributed by atoms with Gasteiger partial charge in [0, 0.05) is 17.2 Å². The van der Waals surface area contributed by atoms with Crippen LogP contribution in [0, 0.1) is 6.92 Å². The lowest BCUT2D eigenvalue weighted by Crippen LogP contribution is -2.11. The average Bonchev–Trinajstić information content (AvgIpc) is 2.69. The van der Waals surface area contributed by atoms with Crippen molar-refractivity contribution in [1.29, 1.82) is 0 Å². The highest BCUT2D eigenvalue weighted by Gasteiger charge is 2.21. The Morgan fingerprint density at radius 2 is 1.74 bits per heavy atom. The van der Waals surface area contributed by atoms with Crippen LogP contribution in [0.1, 0.15) is 15.9 Å². The highest BCUT2D eigenvalue weighted by Crippen LogP contribution is 2.31. The molecule has 2 aromatic heterocycles. The third kappa shape index (κ3) is 2.62. The molecule has 0 aliphatic rings. The van der Waals surface area contributed by atoms with Gasteiger partial charge in [0.25, 0.3) is 0 Å². The van der Waals surface area contributed by atoms with Crippen LogP contribution < -0.4 is 11.1 Å². The van der Waals surface area contributed by atoms with E-state index in [1.807, 2.05) is 30.3 Å². The van der Waals surface area contributed by atoms with E-state index in [0.29, 0.717) is 16.7 Å². The molecule has 2 heterocycles. The van der Waals surface area contributed by atoms with Crippen molar-refractivity contribution in [2.45, 2.75) is 6.92 Å². The van der Waals surface area contributed by atoms with Crippen molar-refractivity contribution < 1.29 is 18.4 Å². The van der Waals surface area contributed by atoms with Gasteiger partial charge >= 0.3 is 11.6 Å². The van der Waals surface area contributed by atoms with Crippen molar-refractivity contribution in [1.82, 2.24) is 0 Å². The van der Waals surface area contributed by atoms with Crippen molar-refractivity contribution in [2.75, 3.05) is 7.11 Å². The van der Waals surface area contributed by atoms with Crippen LogP contribution in [0.5, 0.6) is 0 Å². The van der Waals surface area contributed by atoms with Gasteiger partial charge in [0.15, 0.2) is 5.43 Å². The number of hydrogen-bond acceptors (Lipinski definition) is 6.